The number of esters is 1. The fourth-order valence-electron chi connectivity index (χ4n) is 3.92. The largest absolute Gasteiger partial charge is 0.461 e. The summed E-state index contributed by atoms with van der Waals surface area (Å²) in [6.07, 6.45) is 1.75. The van der Waals surface area contributed by atoms with Crippen molar-refractivity contribution < 1.29 is 19.1 Å². The van der Waals surface area contributed by atoms with Gasteiger partial charge in [0.25, 0.3) is 5.91 Å². The molecule has 1 amide bonds. The lowest BCUT2D eigenvalue weighted by atomic mass is 9.99. The first-order valence-corrected chi connectivity index (χ1v) is 10.5. The van der Waals surface area contributed by atoms with Gasteiger partial charge in [0.05, 0.1) is 12.6 Å². The molecule has 0 radical (unpaired) electrons. The smallest absolute Gasteiger partial charge is 0.355 e. The van der Waals surface area contributed by atoms with Crippen molar-refractivity contribution in [3.63, 3.8) is 0 Å². The Morgan fingerprint density at radius 1 is 1.20 bits per heavy atom. The van der Waals surface area contributed by atoms with Crippen LogP contribution >= 0.6 is 11.6 Å². The molecular formula is C23H27ClN2O4. The number of Topliss-reactive ketones (excluding diaryl/α,β-unsaturated/α-hetero) is 1. The predicted molar refractivity (Wildman–Crippen MR) is 115 cm³/mol. The molecule has 1 heterocycles. The van der Waals surface area contributed by atoms with Crippen LogP contribution in [-0.2, 0) is 11.8 Å². The number of carbonyl (C=O) groups is 3. The van der Waals surface area contributed by atoms with E-state index in [4.69, 9.17) is 16.3 Å². The molecule has 3 rings (SSSR count). The minimum absolute atomic E-state index is 0.0426. The van der Waals surface area contributed by atoms with Gasteiger partial charge < -0.3 is 14.2 Å². The van der Waals surface area contributed by atoms with Crippen LogP contribution in [0.4, 0.5) is 0 Å². The maximum Gasteiger partial charge on any atom is 0.355 e. The van der Waals surface area contributed by atoms with Crippen LogP contribution < -0.4 is 0 Å². The number of rotatable bonds is 7. The molecule has 0 saturated heterocycles. The number of ketones is 1. The van der Waals surface area contributed by atoms with Gasteiger partial charge >= 0.3 is 5.97 Å². The molecule has 2 aromatic rings. The summed E-state index contributed by atoms with van der Waals surface area (Å²) in [5.74, 6) is -0.819. The lowest BCUT2D eigenvalue weighted by molar-refractivity contribution is 0.0513. The number of halogens is 1. The Hall–Kier alpha value is -2.60. The first kappa shape index (κ1) is 22.1. The Labute approximate surface area is 181 Å². The number of carbonyl (C=O) groups excluding carboxylic acids is 3. The molecule has 6 nitrogen and oxygen atoms in total. The van der Waals surface area contributed by atoms with E-state index in [0.717, 1.165) is 12.8 Å². The van der Waals surface area contributed by atoms with E-state index in [-0.39, 0.29) is 24.3 Å². The van der Waals surface area contributed by atoms with Gasteiger partial charge in [0, 0.05) is 34.9 Å². The molecular weight excluding hydrogens is 404 g/mol. The molecule has 160 valence electrons. The summed E-state index contributed by atoms with van der Waals surface area (Å²) < 4.78 is 6.84. The second kappa shape index (κ2) is 8.64. The van der Waals surface area contributed by atoms with Crippen molar-refractivity contribution in [1.82, 2.24) is 9.47 Å². The van der Waals surface area contributed by atoms with E-state index >= 15 is 0 Å². The van der Waals surface area contributed by atoms with Crippen LogP contribution in [0.25, 0.3) is 0 Å². The van der Waals surface area contributed by atoms with E-state index < -0.39 is 12.0 Å². The molecule has 0 bridgehead atoms. The summed E-state index contributed by atoms with van der Waals surface area (Å²) in [6.45, 7) is 7.31. The van der Waals surface area contributed by atoms with Crippen molar-refractivity contribution in [1.29, 1.82) is 0 Å². The van der Waals surface area contributed by atoms with Crippen LogP contribution in [0.15, 0.2) is 24.3 Å². The van der Waals surface area contributed by atoms with Crippen LogP contribution in [-0.4, -0.2) is 45.8 Å². The summed E-state index contributed by atoms with van der Waals surface area (Å²) in [4.78, 5) is 40.8. The zero-order chi connectivity index (χ0) is 22.2. The molecule has 1 fully saturated rings. The lowest BCUT2D eigenvalue weighted by Gasteiger charge is -2.29. The Morgan fingerprint density at radius 3 is 2.33 bits per heavy atom. The normalized spacial score (nSPS) is 14.3. The average molecular weight is 431 g/mol. The molecule has 1 aromatic carbocycles. The van der Waals surface area contributed by atoms with Gasteiger partial charge in [-0.1, -0.05) is 11.6 Å². The maximum absolute atomic E-state index is 13.5. The molecule has 1 aliphatic carbocycles. The highest BCUT2D eigenvalue weighted by atomic mass is 35.5. The summed E-state index contributed by atoms with van der Waals surface area (Å²) in [5.41, 5.74) is 2.61. The summed E-state index contributed by atoms with van der Waals surface area (Å²) in [7, 11) is 1.74. The van der Waals surface area contributed by atoms with Gasteiger partial charge in [-0.15, -0.1) is 0 Å². The molecule has 1 aliphatic rings. The van der Waals surface area contributed by atoms with E-state index in [9.17, 15) is 14.4 Å². The number of amides is 1. The summed E-state index contributed by atoms with van der Waals surface area (Å²) in [5, 5.41) is 0.552. The Balaban J connectivity index is 1.95. The fourth-order valence-corrected chi connectivity index (χ4v) is 4.04. The zero-order valence-corrected chi connectivity index (χ0v) is 18.7. The number of hydrogen-bond donors (Lipinski definition) is 0. The van der Waals surface area contributed by atoms with Gasteiger partial charge in [0.15, 0.2) is 5.78 Å². The Kier molecular flexibility index (Phi) is 6.36. The van der Waals surface area contributed by atoms with E-state index in [1.165, 1.54) is 0 Å². The van der Waals surface area contributed by atoms with Gasteiger partial charge in [-0.3, -0.25) is 9.59 Å². The predicted octanol–water partition coefficient (Wildman–Crippen LogP) is 4.35. The molecule has 1 aromatic heterocycles. The number of aromatic nitrogens is 1. The van der Waals surface area contributed by atoms with E-state index in [1.54, 1.807) is 68.5 Å². The lowest BCUT2D eigenvalue weighted by Crippen LogP contribution is -2.45. The molecule has 1 saturated carbocycles. The highest BCUT2D eigenvalue weighted by molar-refractivity contribution is 6.30. The Morgan fingerprint density at radius 2 is 1.80 bits per heavy atom. The highest BCUT2D eigenvalue weighted by Crippen LogP contribution is 2.33. The topological polar surface area (TPSA) is 68.6 Å². The summed E-state index contributed by atoms with van der Waals surface area (Å²) >= 11 is 5.94. The van der Waals surface area contributed by atoms with Crippen molar-refractivity contribution in [3.8, 4) is 0 Å². The SMILES string of the molecule is CCOC(=O)c1c(C)c(C(=O)C(C)N(C(=O)c2ccc(Cl)cc2)C2CC2)c(C)n1C. The van der Waals surface area contributed by atoms with Crippen molar-refractivity contribution in [2.45, 2.75) is 52.6 Å². The average Bonchev–Trinajstić information content (AvgIpc) is 3.50. The molecule has 1 unspecified atom stereocenters. The fraction of sp³-hybridized carbons (Fsp3) is 0.435. The highest BCUT2D eigenvalue weighted by Gasteiger charge is 2.40. The molecule has 1 atom stereocenters. The van der Waals surface area contributed by atoms with Gasteiger partial charge in [-0.25, -0.2) is 4.79 Å². The van der Waals surface area contributed by atoms with E-state index in [0.29, 0.717) is 33.1 Å². The van der Waals surface area contributed by atoms with Crippen LogP contribution in [0.2, 0.25) is 5.02 Å². The second-order valence-electron chi connectivity index (χ2n) is 7.70. The van der Waals surface area contributed by atoms with Gasteiger partial charge in [-0.05, 0) is 70.4 Å². The monoisotopic (exact) mass is 430 g/mol. The third-order valence-electron chi connectivity index (χ3n) is 5.71. The van der Waals surface area contributed by atoms with Crippen molar-refractivity contribution in [2.24, 2.45) is 7.05 Å². The van der Waals surface area contributed by atoms with Gasteiger partial charge in [-0.2, -0.15) is 0 Å². The van der Waals surface area contributed by atoms with Crippen LogP contribution in [0.3, 0.4) is 0 Å². The van der Waals surface area contributed by atoms with Gasteiger partial charge in [0.2, 0.25) is 0 Å². The van der Waals surface area contributed by atoms with Crippen molar-refractivity contribution >= 4 is 29.3 Å². The third kappa shape index (κ3) is 4.01. The van der Waals surface area contributed by atoms with Crippen molar-refractivity contribution in [2.75, 3.05) is 6.61 Å². The van der Waals surface area contributed by atoms with E-state index in [1.807, 2.05) is 0 Å². The Bertz CT molecular complexity index is 990. The first-order chi connectivity index (χ1) is 14.2. The molecule has 0 N–H and O–H groups in total. The number of nitrogens with zero attached hydrogens (tertiary/aromatic N) is 2. The first-order valence-electron chi connectivity index (χ1n) is 10.1. The zero-order valence-electron chi connectivity index (χ0n) is 18.0. The number of ether oxygens (including phenoxy) is 1. The van der Waals surface area contributed by atoms with Crippen LogP contribution in [0.1, 0.15) is 69.2 Å². The molecule has 0 spiro atoms. The van der Waals surface area contributed by atoms with Gasteiger partial charge in [0.1, 0.15) is 5.69 Å². The minimum Gasteiger partial charge on any atom is -0.461 e. The molecule has 7 heteroatoms. The standard InChI is InChI=1S/C23H27ClN2O4/c1-6-30-23(29)20-13(2)19(14(3)25(20)5)21(27)15(4)26(18-11-12-18)22(28)16-7-9-17(24)10-8-16/h7-10,15,18H,6,11-12H2,1-5H3. The van der Waals surface area contributed by atoms with Crippen LogP contribution in [0, 0.1) is 13.8 Å². The maximum atomic E-state index is 13.5. The quantitative estimate of drug-likeness (QED) is 0.483. The molecule has 0 aliphatic heterocycles. The summed E-state index contributed by atoms with van der Waals surface area (Å²) in [6, 6.07) is 6.08. The second-order valence-corrected chi connectivity index (χ2v) is 8.14. The number of benzene rings is 1. The van der Waals surface area contributed by atoms with Crippen molar-refractivity contribution in [3.05, 3.63) is 57.4 Å². The van der Waals surface area contributed by atoms with Crippen LogP contribution in [0.5, 0.6) is 0 Å². The minimum atomic E-state index is -0.657. The third-order valence-corrected chi connectivity index (χ3v) is 5.96. The van der Waals surface area contributed by atoms with E-state index in [2.05, 4.69) is 0 Å². The molecule has 30 heavy (non-hydrogen) atoms. The number of hydrogen-bond acceptors (Lipinski definition) is 4.